The monoisotopic (exact) mass is 443 g/mol. The molecular weight excluding hydrogens is 406 g/mol. The van der Waals surface area contributed by atoms with Gasteiger partial charge in [0.2, 0.25) is 0 Å². The Morgan fingerprint density at radius 2 is 1.48 bits per heavy atom. The predicted octanol–water partition coefficient (Wildman–Crippen LogP) is 4.92. The summed E-state index contributed by atoms with van der Waals surface area (Å²) in [5, 5.41) is 3.26. The van der Waals surface area contributed by atoms with E-state index in [-0.39, 0.29) is 6.10 Å². The Morgan fingerprint density at radius 3 is 2.21 bits per heavy atom. The van der Waals surface area contributed by atoms with Crippen LogP contribution in [0.3, 0.4) is 0 Å². The molecule has 4 nitrogen and oxygen atoms in total. The molecule has 0 aromatic heterocycles. The fourth-order valence-corrected chi connectivity index (χ4v) is 4.57. The molecule has 1 atom stereocenters. The van der Waals surface area contributed by atoms with E-state index in [0.29, 0.717) is 6.61 Å². The number of nitrogens with one attached hydrogen (secondary N) is 1. The summed E-state index contributed by atoms with van der Waals surface area (Å²) < 4.78 is 6.48. The van der Waals surface area contributed by atoms with Gasteiger partial charge in [0.1, 0.15) is 0 Å². The van der Waals surface area contributed by atoms with Crippen LogP contribution in [-0.2, 0) is 17.8 Å². The highest BCUT2D eigenvalue weighted by Gasteiger charge is 2.20. The fraction of sp³-hybridized carbons (Fsp3) is 0.379. The number of anilines is 1. The van der Waals surface area contributed by atoms with E-state index >= 15 is 0 Å². The molecule has 1 saturated heterocycles. The third-order valence-corrected chi connectivity index (χ3v) is 6.53. The maximum Gasteiger partial charge on any atom is 0.0841 e. The van der Waals surface area contributed by atoms with E-state index in [4.69, 9.17) is 4.74 Å². The molecule has 33 heavy (non-hydrogen) atoms. The van der Waals surface area contributed by atoms with Crippen molar-refractivity contribution in [2.75, 3.05) is 51.2 Å². The highest BCUT2D eigenvalue weighted by atomic mass is 16.5. The molecule has 0 amide bonds. The fourth-order valence-electron chi connectivity index (χ4n) is 4.57. The first-order valence-corrected chi connectivity index (χ1v) is 12.2. The maximum absolute atomic E-state index is 6.48. The SMILES string of the molecule is CNCCC(OCc1ccccc1N1CCN(CCc2ccccc2)CC1)c1ccccc1. The second-order valence-corrected chi connectivity index (χ2v) is 8.80. The molecule has 0 radical (unpaired) electrons. The Bertz CT molecular complexity index is 939. The van der Waals surface area contributed by atoms with Gasteiger partial charge in [-0.1, -0.05) is 78.9 Å². The van der Waals surface area contributed by atoms with Crippen LogP contribution in [-0.4, -0.2) is 51.2 Å². The number of ether oxygens (including phenoxy) is 1. The van der Waals surface area contributed by atoms with E-state index < -0.39 is 0 Å². The Hall–Kier alpha value is -2.66. The Balaban J connectivity index is 1.33. The zero-order valence-corrected chi connectivity index (χ0v) is 19.8. The molecule has 1 heterocycles. The van der Waals surface area contributed by atoms with Gasteiger partial charge in [0.05, 0.1) is 12.7 Å². The lowest BCUT2D eigenvalue weighted by atomic mass is 10.1. The van der Waals surface area contributed by atoms with Crippen LogP contribution in [0.25, 0.3) is 0 Å². The largest absolute Gasteiger partial charge is 0.369 e. The summed E-state index contributed by atoms with van der Waals surface area (Å²) in [6.45, 7) is 7.04. The summed E-state index contributed by atoms with van der Waals surface area (Å²) in [6, 6.07) is 30.1. The van der Waals surface area contributed by atoms with Gasteiger partial charge in [0.25, 0.3) is 0 Å². The second kappa shape index (κ2) is 12.5. The molecule has 4 rings (SSSR count). The Labute approximate surface area is 199 Å². The number of hydrogen-bond acceptors (Lipinski definition) is 4. The van der Waals surface area contributed by atoms with Crippen molar-refractivity contribution in [3.8, 4) is 0 Å². The smallest absolute Gasteiger partial charge is 0.0841 e. The lowest BCUT2D eigenvalue weighted by Crippen LogP contribution is -2.47. The van der Waals surface area contributed by atoms with Gasteiger partial charge in [-0.3, -0.25) is 4.90 Å². The standard InChI is InChI=1S/C29H37N3O/c1-30-18-16-29(26-12-6-3-7-13-26)33-24-27-14-8-9-15-28(27)32-22-20-31(21-23-32)19-17-25-10-4-2-5-11-25/h2-15,29-30H,16-24H2,1H3. The minimum atomic E-state index is 0.0986. The number of piperazine rings is 1. The molecule has 1 N–H and O–H groups in total. The first kappa shape index (κ1) is 23.5. The number of rotatable bonds is 11. The number of benzene rings is 3. The molecule has 1 aliphatic rings. The molecule has 0 spiro atoms. The molecule has 1 fully saturated rings. The van der Waals surface area contributed by atoms with Crippen molar-refractivity contribution >= 4 is 5.69 Å². The molecule has 1 unspecified atom stereocenters. The van der Waals surface area contributed by atoms with Crippen molar-refractivity contribution in [2.45, 2.75) is 25.6 Å². The summed E-state index contributed by atoms with van der Waals surface area (Å²) in [7, 11) is 2.00. The van der Waals surface area contributed by atoms with Crippen LogP contribution < -0.4 is 10.2 Å². The topological polar surface area (TPSA) is 27.7 Å². The molecule has 4 heteroatoms. The number of nitrogens with zero attached hydrogens (tertiary/aromatic N) is 2. The van der Waals surface area contributed by atoms with Gasteiger partial charge in [-0.25, -0.2) is 0 Å². The number of hydrogen-bond donors (Lipinski definition) is 1. The average Bonchev–Trinajstić information content (AvgIpc) is 2.89. The van der Waals surface area contributed by atoms with Crippen LogP contribution in [0.2, 0.25) is 0 Å². The van der Waals surface area contributed by atoms with Crippen LogP contribution in [0.1, 0.15) is 29.2 Å². The zero-order valence-electron chi connectivity index (χ0n) is 19.8. The van der Waals surface area contributed by atoms with E-state index in [1.165, 1.54) is 22.4 Å². The van der Waals surface area contributed by atoms with Crippen molar-refractivity contribution in [2.24, 2.45) is 0 Å². The van der Waals surface area contributed by atoms with Crippen molar-refractivity contribution < 1.29 is 4.74 Å². The summed E-state index contributed by atoms with van der Waals surface area (Å²) in [4.78, 5) is 5.12. The highest BCUT2D eigenvalue weighted by Crippen LogP contribution is 2.27. The van der Waals surface area contributed by atoms with Gasteiger partial charge < -0.3 is 15.0 Å². The van der Waals surface area contributed by atoms with Crippen LogP contribution >= 0.6 is 0 Å². The first-order chi connectivity index (χ1) is 16.3. The predicted molar refractivity (Wildman–Crippen MR) is 138 cm³/mol. The van der Waals surface area contributed by atoms with Gasteiger partial charge in [0, 0.05) is 44.0 Å². The van der Waals surface area contributed by atoms with Crippen molar-refractivity contribution in [3.63, 3.8) is 0 Å². The Kier molecular flexibility index (Phi) is 8.93. The van der Waals surface area contributed by atoms with Crippen LogP contribution in [0, 0.1) is 0 Å². The third-order valence-electron chi connectivity index (χ3n) is 6.53. The first-order valence-electron chi connectivity index (χ1n) is 12.2. The van der Waals surface area contributed by atoms with E-state index in [2.05, 4.69) is 100 Å². The third kappa shape index (κ3) is 6.91. The molecule has 3 aromatic rings. The maximum atomic E-state index is 6.48. The van der Waals surface area contributed by atoms with Gasteiger partial charge in [-0.2, -0.15) is 0 Å². The van der Waals surface area contributed by atoms with Gasteiger partial charge >= 0.3 is 0 Å². The lowest BCUT2D eigenvalue weighted by molar-refractivity contribution is 0.0345. The molecule has 174 valence electrons. The summed E-state index contributed by atoms with van der Waals surface area (Å²) in [5.74, 6) is 0. The van der Waals surface area contributed by atoms with E-state index in [0.717, 1.165) is 52.1 Å². The van der Waals surface area contributed by atoms with E-state index in [1.54, 1.807) is 0 Å². The highest BCUT2D eigenvalue weighted by molar-refractivity contribution is 5.53. The minimum Gasteiger partial charge on any atom is -0.369 e. The van der Waals surface area contributed by atoms with E-state index in [9.17, 15) is 0 Å². The molecule has 0 aliphatic carbocycles. The van der Waals surface area contributed by atoms with Gasteiger partial charge in [-0.15, -0.1) is 0 Å². The molecule has 0 bridgehead atoms. The minimum absolute atomic E-state index is 0.0986. The molecule has 0 saturated carbocycles. The zero-order chi connectivity index (χ0) is 22.7. The van der Waals surface area contributed by atoms with Crippen molar-refractivity contribution in [1.29, 1.82) is 0 Å². The molecule has 3 aromatic carbocycles. The second-order valence-electron chi connectivity index (χ2n) is 8.80. The molecule has 1 aliphatic heterocycles. The normalized spacial score (nSPS) is 15.5. The quantitative estimate of drug-likeness (QED) is 0.455. The lowest BCUT2D eigenvalue weighted by Gasteiger charge is -2.37. The Morgan fingerprint density at radius 1 is 0.818 bits per heavy atom. The summed E-state index contributed by atoms with van der Waals surface area (Å²) >= 11 is 0. The van der Waals surface area contributed by atoms with Crippen molar-refractivity contribution in [3.05, 3.63) is 102 Å². The summed E-state index contributed by atoms with van der Waals surface area (Å²) in [6.07, 6.45) is 2.18. The van der Waals surface area contributed by atoms with Gasteiger partial charge in [-0.05, 0) is 43.6 Å². The average molecular weight is 444 g/mol. The van der Waals surface area contributed by atoms with Crippen molar-refractivity contribution in [1.82, 2.24) is 10.2 Å². The van der Waals surface area contributed by atoms with Crippen LogP contribution in [0.4, 0.5) is 5.69 Å². The molecular formula is C29H37N3O. The number of para-hydroxylation sites is 1. The van der Waals surface area contributed by atoms with Crippen LogP contribution in [0.15, 0.2) is 84.9 Å². The van der Waals surface area contributed by atoms with E-state index in [1.807, 2.05) is 7.05 Å². The van der Waals surface area contributed by atoms with Crippen LogP contribution in [0.5, 0.6) is 0 Å². The summed E-state index contributed by atoms with van der Waals surface area (Å²) in [5.41, 5.74) is 5.27. The van der Waals surface area contributed by atoms with Gasteiger partial charge in [0.15, 0.2) is 0 Å².